The molecule has 77 heavy (non-hydrogen) atoms. The van der Waals surface area contributed by atoms with Crippen LogP contribution in [0.15, 0.2) is 134 Å². The van der Waals surface area contributed by atoms with Gasteiger partial charge in [-0.3, -0.25) is 14.2 Å². The lowest BCUT2D eigenvalue weighted by Gasteiger charge is -2.30. The fourth-order valence-corrected chi connectivity index (χ4v) is 8.65. The van der Waals surface area contributed by atoms with Gasteiger partial charge in [0.05, 0.1) is 33.8 Å². The van der Waals surface area contributed by atoms with Gasteiger partial charge in [-0.25, -0.2) is 0 Å². The maximum absolute atomic E-state index is 13.5. The molecule has 1 N–H and O–H groups in total. The van der Waals surface area contributed by atoms with E-state index >= 15 is 0 Å². The van der Waals surface area contributed by atoms with E-state index in [-0.39, 0.29) is 31.3 Å². The topological polar surface area (TPSA) is 114 Å². The van der Waals surface area contributed by atoms with Crippen LogP contribution >= 0.6 is 7.82 Å². The van der Waals surface area contributed by atoms with Gasteiger partial charge in [-0.1, -0.05) is 225 Å². The largest absolute Gasteiger partial charge is 0.756 e. The number of nitrogens with zero attached hydrogens (tertiary/aromatic N) is 1. The molecule has 0 aromatic carbocycles. The number of nitrogens with one attached hydrogen (secondary N) is 1. The zero-order chi connectivity index (χ0) is 56.4. The van der Waals surface area contributed by atoms with Crippen molar-refractivity contribution in [3.05, 3.63) is 134 Å². The highest BCUT2D eigenvalue weighted by atomic mass is 31.2. The first kappa shape index (κ1) is 73.2. The molecule has 0 aliphatic carbocycles. The molecular formula is C67H113N2O7P. The summed E-state index contributed by atoms with van der Waals surface area (Å²) in [5.74, 6) is -0.618. The molecule has 1 amide bonds. The second kappa shape index (κ2) is 55.5. The molecule has 0 fully saturated rings. The van der Waals surface area contributed by atoms with E-state index in [4.69, 9.17) is 13.8 Å². The first-order valence-corrected chi connectivity index (χ1v) is 32.0. The van der Waals surface area contributed by atoms with Crippen LogP contribution in [0.25, 0.3) is 0 Å². The van der Waals surface area contributed by atoms with Crippen molar-refractivity contribution >= 4 is 19.7 Å². The molecule has 0 rings (SSSR count). The van der Waals surface area contributed by atoms with Gasteiger partial charge in [0, 0.05) is 12.8 Å². The Labute approximate surface area is 473 Å². The number of amides is 1. The normalized spacial score (nSPS) is 14.6. The number of rotatable bonds is 53. The predicted molar refractivity (Wildman–Crippen MR) is 330 cm³/mol. The Morgan fingerprint density at radius 2 is 0.831 bits per heavy atom. The van der Waals surface area contributed by atoms with Gasteiger partial charge in [0.15, 0.2) is 0 Å². The Kier molecular flexibility index (Phi) is 52.7. The van der Waals surface area contributed by atoms with Crippen molar-refractivity contribution < 1.29 is 37.3 Å². The molecule has 0 saturated heterocycles. The van der Waals surface area contributed by atoms with Crippen LogP contribution in [0, 0.1) is 0 Å². The SMILES string of the molecule is CC/C=C\C/C=C\C/C=C\C/C=C\C/C=C\C/C=C\CCCCCCC(=O)OC(/C=C\CCCCCCCCCCCC)C(COP(=O)([O-])OCC[N+](C)(C)C)NC(=O)CCCCC/C=C/C/C=C/C/C=C/C/C=C/CC. The van der Waals surface area contributed by atoms with Gasteiger partial charge in [-0.15, -0.1) is 0 Å². The Morgan fingerprint density at radius 3 is 1.26 bits per heavy atom. The Balaban J connectivity index is 5.37. The van der Waals surface area contributed by atoms with Crippen LogP contribution in [0.4, 0.5) is 0 Å². The fourth-order valence-electron chi connectivity index (χ4n) is 7.93. The van der Waals surface area contributed by atoms with E-state index in [2.05, 4.69) is 148 Å². The number of allylic oxidation sites excluding steroid dienone is 21. The lowest BCUT2D eigenvalue weighted by molar-refractivity contribution is -0.870. The predicted octanol–water partition coefficient (Wildman–Crippen LogP) is 18.3. The molecule has 9 nitrogen and oxygen atoms in total. The van der Waals surface area contributed by atoms with Gasteiger partial charge in [0.2, 0.25) is 5.91 Å². The Hall–Kier alpha value is -3.85. The Morgan fingerprint density at radius 1 is 0.468 bits per heavy atom. The first-order chi connectivity index (χ1) is 37.4. The molecule has 3 atom stereocenters. The number of hydrogen-bond donors (Lipinski definition) is 1. The first-order valence-electron chi connectivity index (χ1n) is 30.5. The van der Waals surface area contributed by atoms with Crippen LogP contribution in [0.3, 0.4) is 0 Å². The standard InChI is InChI=1S/C67H113N2O7P/c1-7-10-13-16-19-22-25-28-30-32-33-34-35-36-37-38-40-42-45-48-51-54-57-60-67(71)76-65(58-55-52-49-46-43-27-24-21-18-15-12-9-3)64(63-75-77(72,73)74-62-61-69(4,5)6)68-66(70)59-56-53-50-47-44-41-39-31-29-26-23-20-17-14-11-8-2/h10-11,13-14,19-20,22-23,28-31,33-34,36-37,40-42,44,55,58,64-65H,7-9,12,15-18,21,24-27,32,35,38-39,43,45-54,56-57,59-63H2,1-6H3,(H-,68,70,72,73)/b13-10-,14-11+,22-19-,23-20+,30-28-,31-29+,34-33-,37-36-,42-40-,44-41+,58-55-. The summed E-state index contributed by atoms with van der Waals surface area (Å²) in [6.07, 6.45) is 78.5. The van der Waals surface area contributed by atoms with Gasteiger partial charge in [0.1, 0.15) is 19.3 Å². The number of carbonyl (C=O) groups is 2. The number of likely N-dealkylation sites (N-methyl/N-ethyl adjacent to an activating group) is 1. The Bertz CT molecular complexity index is 1780. The van der Waals surface area contributed by atoms with Crippen molar-refractivity contribution in [3.8, 4) is 0 Å². The lowest BCUT2D eigenvalue weighted by Crippen LogP contribution is -2.47. The highest BCUT2D eigenvalue weighted by Crippen LogP contribution is 2.38. The quantitative estimate of drug-likeness (QED) is 0.0212. The minimum Gasteiger partial charge on any atom is -0.756 e. The lowest BCUT2D eigenvalue weighted by atomic mass is 10.1. The van der Waals surface area contributed by atoms with E-state index in [0.29, 0.717) is 23.9 Å². The number of ether oxygens (including phenoxy) is 1. The van der Waals surface area contributed by atoms with Crippen molar-refractivity contribution in [2.24, 2.45) is 0 Å². The van der Waals surface area contributed by atoms with Gasteiger partial charge < -0.3 is 28.5 Å². The van der Waals surface area contributed by atoms with E-state index in [0.717, 1.165) is 128 Å². The van der Waals surface area contributed by atoms with Crippen molar-refractivity contribution in [2.45, 2.75) is 238 Å². The van der Waals surface area contributed by atoms with Crippen molar-refractivity contribution in [1.82, 2.24) is 5.32 Å². The van der Waals surface area contributed by atoms with Gasteiger partial charge in [-0.2, -0.15) is 0 Å². The number of esters is 1. The van der Waals surface area contributed by atoms with Gasteiger partial charge in [-0.05, 0) is 122 Å². The number of hydrogen-bond acceptors (Lipinski definition) is 7. The molecule has 0 aliphatic heterocycles. The molecule has 0 aliphatic rings. The summed E-state index contributed by atoms with van der Waals surface area (Å²) in [6.45, 7) is 6.54. The van der Waals surface area contributed by atoms with Gasteiger partial charge in [0.25, 0.3) is 7.82 Å². The molecule has 0 heterocycles. The summed E-state index contributed by atoms with van der Waals surface area (Å²) in [4.78, 5) is 40.0. The molecule has 0 radical (unpaired) electrons. The number of phosphoric ester groups is 1. The fraction of sp³-hybridized carbons (Fsp3) is 0.642. The van der Waals surface area contributed by atoms with Crippen LogP contribution < -0.4 is 10.2 Å². The minimum atomic E-state index is -4.72. The summed E-state index contributed by atoms with van der Waals surface area (Å²) in [7, 11) is 1.12. The van der Waals surface area contributed by atoms with Crippen LogP contribution in [-0.4, -0.2) is 69.4 Å². The van der Waals surface area contributed by atoms with Crippen molar-refractivity contribution in [1.29, 1.82) is 0 Å². The monoisotopic (exact) mass is 1090 g/mol. The number of carbonyl (C=O) groups excluding carboxylic acids is 2. The second-order valence-electron chi connectivity index (χ2n) is 21.1. The van der Waals surface area contributed by atoms with E-state index in [1.165, 1.54) is 51.4 Å². The van der Waals surface area contributed by atoms with E-state index in [1.807, 2.05) is 33.3 Å². The summed E-state index contributed by atoms with van der Waals surface area (Å²) < 4.78 is 30.2. The van der Waals surface area contributed by atoms with Crippen molar-refractivity contribution in [3.63, 3.8) is 0 Å². The third-order valence-corrected chi connectivity index (χ3v) is 13.5. The van der Waals surface area contributed by atoms with E-state index in [1.54, 1.807) is 0 Å². The minimum absolute atomic E-state index is 0.0409. The van der Waals surface area contributed by atoms with Crippen LogP contribution in [0.5, 0.6) is 0 Å². The summed E-state index contributed by atoms with van der Waals surface area (Å²) in [6, 6.07) is -0.926. The van der Waals surface area contributed by atoms with Crippen molar-refractivity contribution in [2.75, 3.05) is 40.9 Å². The van der Waals surface area contributed by atoms with E-state index in [9.17, 15) is 19.0 Å². The number of unbranched alkanes of at least 4 members (excludes halogenated alkanes) is 17. The zero-order valence-corrected chi connectivity index (χ0v) is 50.8. The zero-order valence-electron chi connectivity index (χ0n) is 49.9. The molecular weight excluding hydrogens is 976 g/mol. The summed E-state index contributed by atoms with van der Waals surface area (Å²) in [5, 5.41) is 3.00. The van der Waals surface area contributed by atoms with Gasteiger partial charge >= 0.3 is 5.97 Å². The average molecular weight is 1090 g/mol. The second-order valence-corrected chi connectivity index (χ2v) is 22.5. The van der Waals surface area contributed by atoms with E-state index < -0.39 is 26.6 Å². The average Bonchev–Trinajstić information content (AvgIpc) is 3.39. The third-order valence-electron chi connectivity index (χ3n) is 12.6. The van der Waals surface area contributed by atoms with Crippen LogP contribution in [0.2, 0.25) is 0 Å². The molecule has 438 valence electrons. The third kappa shape index (κ3) is 56.7. The molecule has 0 aromatic rings. The molecule has 0 spiro atoms. The smallest absolute Gasteiger partial charge is 0.306 e. The highest BCUT2D eigenvalue weighted by molar-refractivity contribution is 7.45. The molecule has 0 aromatic heterocycles. The highest BCUT2D eigenvalue weighted by Gasteiger charge is 2.27. The molecule has 0 saturated carbocycles. The number of quaternary nitrogens is 1. The maximum Gasteiger partial charge on any atom is 0.306 e. The number of phosphoric acid groups is 1. The molecule has 3 unspecified atom stereocenters. The van der Waals surface area contributed by atoms with Crippen LogP contribution in [-0.2, 0) is 27.9 Å². The van der Waals surface area contributed by atoms with Crippen LogP contribution in [0.1, 0.15) is 226 Å². The summed E-state index contributed by atoms with van der Waals surface area (Å²) in [5.41, 5.74) is 0. The maximum atomic E-state index is 13.5. The summed E-state index contributed by atoms with van der Waals surface area (Å²) >= 11 is 0. The molecule has 0 bridgehead atoms. The molecule has 10 heteroatoms.